The molecule has 2 bridgehead atoms. The van der Waals surface area contributed by atoms with Gasteiger partial charge in [0.25, 0.3) is 0 Å². The van der Waals surface area contributed by atoms with Gasteiger partial charge in [-0.05, 0) is 49.4 Å². The lowest BCUT2D eigenvalue weighted by Gasteiger charge is -2.34. The Morgan fingerprint density at radius 3 is 2.85 bits per heavy atom. The molecular weight excluding hydrogens is 160 g/mol. The molecule has 3 rings (SSSR count). The van der Waals surface area contributed by atoms with Gasteiger partial charge in [-0.1, -0.05) is 6.42 Å². The van der Waals surface area contributed by atoms with E-state index in [-0.39, 0.29) is 0 Å². The molecule has 0 aromatic rings. The first-order valence-corrected chi connectivity index (χ1v) is 5.45. The third kappa shape index (κ3) is 0.814. The molecule has 0 aliphatic heterocycles. The van der Waals surface area contributed by atoms with E-state index in [0.717, 1.165) is 24.2 Å². The Hall–Kier alpha value is -0.550. The zero-order valence-electron chi connectivity index (χ0n) is 7.87. The highest BCUT2D eigenvalue weighted by Gasteiger charge is 2.59. The van der Waals surface area contributed by atoms with Crippen LogP contribution < -0.4 is 5.73 Å². The summed E-state index contributed by atoms with van der Waals surface area (Å²) in [6, 6.07) is 2.36. The maximum atomic E-state index is 9.09. The van der Waals surface area contributed by atoms with Gasteiger partial charge in [0, 0.05) is 0 Å². The first-order chi connectivity index (χ1) is 6.24. The average Bonchev–Trinajstić information content (AvgIpc) is 2.72. The standard InChI is InChI=1S/C11H16N2/c12-6-11(13)5-7-4-10(11)9-3-1-2-8(7)9/h7-10H,1-5,13H2. The molecule has 13 heavy (non-hydrogen) atoms. The molecule has 5 atom stereocenters. The number of nitriles is 1. The maximum Gasteiger partial charge on any atom is 0.107 e. The SMILES string of the molecule is N#CC1(N)CC2CC1C1CCCC21. The summed E-state index contributed by atoms with van der Waals surface area (Å²) >= 11 is 0. The summed E-state index contributed by atoms with van der Waals surface area (Å²) in [5.41, 5.74) is 5.69. The Kier molecular flexibility index (Phi) is 1.37. The van der Waals surface area contributed by atoms with Crippen molar-refractivity contribution in [3.63, 3.8) is 0 Å². The van der Waals surface area contributed by atoms with Crippen molar-refractivity contribution in [3.8, 4) is 6.07 Å². The lowest BCUT2D eigenvalue weighted by molar-refractivity contribution is 0.195. The van der Waals surface area contributed by atoms with E-state index >= 15 is 0 Å². The Labute approximate surface area is 79.1 Å². The van der Waals surface area contributed by atoms with Crippen LogP contribution in [0.25, 0.3) is 0 Å². The molecule has 2 N–H and O–H groups in total. The quantitative estimate of drug-likeness (QED) is 0.610. The zero-order valence-corrected chi connectivity index (χ0v) is 7.87. The van der Waals surface area contributed by atoms with Gasteiger partial charge >= 0.3 is 0 Å². The van der Waals surface area contributed by atoms with Gasteiger partial charge in [-0.15, -0.1) is 0 Å². The van der Waals surface area contributed by atoms with Crippen LogP contribution in [0.5, 0.6) is 0 Å². The van der Waals surface area contributed by atoms with Crippen LogP contribution in [0.3, 0.4) is 0 Å². The first kappa shape index (κ1) is 7.82. The summed E-state index contributed by atoms with van der Waals surface area (Å²) in [5, 5.41) is 9.09. The van der Waals surface area contributed by atoms with Crippen molar-refractivity contribution >= 4 is 0 Å². The summed E-state index contributed by atoms with van der Waals surface area (Å²) < 4.78 is 0. The van der Waals surface area contributed by atoms with Crippen molar-refractivity contribution < 1.29 is 0 Å². The fourth-order valence-corrected chi connectivity index (χ4v) is 4.32. The Morgan fingerprint density at radius 1 is 1.31 bits per heavy atom. The van der Waals surface area contributed by atoms with E-state index < -0.39 is 5.54 Å². The van der Waals surface area contributed by atoms with Gasteiger partial charge < -0.3 is 5.73 Å². The van der Waals surface area contributed by atoms with Crippen molar-refractivity contribution in [1.82, 2.24) is 0 Å². The highest BCUT2D eigenvalue weighted by Crippen LogP contribution is 2.61. The maximum absolute atomic E-state index is 9.09. The van der Waals surface area contributed by atoms with Crippen LogP contribution in [0.15, 0.2) is 0 Å². The third-order valence-corrected chi connectivity index (χ3v) is 4.77. The normalized spacial score (nSPS) is 57.8. The van der Waals surface area contributed by atoms with E-state index in [1.165, 1.54) is 25.7 Å². The minimum absolute atomic E-state index is 0.448. The smallest absolute Gasteiger partial charge is 0.107 e. The van der Waals surface area contributed by atoms with Crippen molar-refractivity contribution in [2.24, 2.45) is 29.4 Å². The fraction of sp³-hybridized carbons (Fsp3) is 0.909. The van der Waals surface area contributed by atoms with Crippen molar-refractivity contribution in [1.29, 1.82) is 5.26 Å². The lowest BCUT2D eigenvalue weighted by atomic mass is 9.72. The van der Waals surface area contributed by atoms with Crippen LogP contribution in [0, 0.1) is 35.0 Å². The average molecular weight is 176 g/mol. The molecule has 0 heterocycles. The van der Waals surface area contributed by atoms with Gasteiger partial charge in [0.15, 0.2) is 0 Å². The summed E-state index contributed by atoms with van der Waals surface area (Å²) in [6.07, 6.45) is 6.36. The monoisotopic (exact) mass is 176 g/mol. The highest BCUT2D eigenvalue weighted by atomic mass is 14.8. The molecule has 0 saturated heterocycles. The Bertz CT molecular complexity index is 280. The Balaban J connectivity index is 1.94. The topological polar surface area (TPSA) is 49.8 Å². The number of nitrogens with two attached hydrogens (primary N) is 1. The number of fused-ring (bicyclic) bond motifs is 5. The minimum Gasteiger partial charge on any atom is -0.313 e. The first-order valence-electron chi connectivity index (χ1n) is 5.45. The van der Waals surface area contributed by atoms with Crippen molar-refractivity contribution in [2.45, 2.75) is 37.6 Å². The van der Waals surface area contributed by atoms with Crippen LogP contribution in [-0.2, 0) is 0 Å². The molecule has 0 spiro atoms. The molecule has 2 nitrogen and oxygen atoms in total. The van der Waals surface area contributed by atoms with Crippen LogP contribution >= 0.6 is 0 Å². The van der Waals surface area contributed by atoms with Gasteiger partial charge in [0.1, 0.15) is 5.54 Å². The second-order valence-electron chi connectivity index (χ2n) is 5.22. The van der Waals surface area contributed by atoms with Crippen LogP contribution in [0.1, 0.15) is 32.1 Å². The molecule has 0 radical (unpaired) electrons. The van der Waals surface area contributed by atoms with Crippen molar-refractivity contribution in [3.05, 3.63) is 0 Å². The van der Waals surface area contributed by atoms with Crippen LogP contribution in [-0.4, -0.2) is 5.54 Å². The second kappa shape index (κ2) is 2.27. The molecule has 70 valence electrons. The predicted molar refractivity (Wildman–Crippen MR) is 49.6 cm³/mol. The van der Waals surface area contributed by atoms with Crippen molar-refractivity contribution in [2.75, 3.05) is 0 Å². The number of hydrogen-bond donors (Lipinski definition) is 1. The third-order valence-electron chi connectivity index (χ3n) is 4.77. The molecule has 3 aliphatic carbocycles. The molecular formula is C11H16N2. The molecule has 3 aliphatic rings. The number of rotatable bonds is 0. The van der Waals surface area contributed by atoms with Gasteiger partial charge in [-0.3, -0.25) is 0 Å². The van der Waals surface area contributed by atoms with Gasteiger partial charge in [-0.2, -0.15) is 5.26 Å². The van der Waals surface area contributed by atoms with E-state index in [9.17, 15) is 0 Å². The highest BCUT2D eigenvalue weighted by molar-refractivity contribution is 5.21. The van der Waals surface area contributed by atoms with E-state index in [0.29, 0.717) is 5.92 Å². The molecule has 3 saturated carbocycles. The van der Waals surface area contributed by atoms with Crippen LogP contribution in [0.4, 0.5) is 0 Å². The van der Waals surface area contributed by atoms with Gasteiger partial charge in [0.2, 0.25) is 0 Å². The van der Waals surface area contributed by atoms with Gasteiger partial charge in [-0.25, -0.2) is 0 Å². The van der Waals surface area contributed by atoms with Crippen LogP contribution in [0.2, 0.25) is 0 Å². The predicted octanol–water partition coefficient (Wildman–Crippen LogP) is 1.66. The summed E-state index contributed by atoms with van der Waals surface area (Å²) in [4.78, 5) is 0. The molecule has 0 amide bonds. The number of hydrogen-bond acceptors (Lipinski definition) is 2. The zero-order chi connectivity index (χ0) is 9.05. The van der Waals surface area contributed by atoms with E-state index in [1.54, 1.807) is 0 Å². The molecule has 3 fully saturated rings. The molecule has 2 heteroatoms. The van der Waals surface area contributed by atoms with Gasteiger partial charge in [0.05, 0.1) is 6.07 Å². The molecule has 5 unspecified atom stereocenters. The molecule has 0 aromatic carbocycles. The largest absolute Gasteiger partial charge is 0.313 e. The summed E-state index contributed by atoms with van der Waals surface area (Å²) in [7, 11) is 0. The Morgan fingerprint density at radius 2 is 2.08 bits per heavy atom. The number of nitrogens with zero attached hydrogens (tertiary/aromatic N) is 1. The van der Waals surface area contributed by atoms with E-state index in [2.05, 4.69) is 6.07 Å². The molecule has 0 aromatic heterocycles. The summed E-state index contributed by atoms with van der Waals surface area (Å²) in [5.74, 6) is 3.08. The fourth-order valence-electron chi connectivity index (χ4n) is 4.32. The summed E-state index contributed by atoms with van der Waals surface area (Å²) in [6.45, 7) is 0. The second-order valence-corrected chi connectivity index (χ2v) is 5.22. The van der Waals surface area contributed by atoms with E-state index in [1.807, 2.05) is 0 Å². The van der Waals surface area contributed by atoms with E-state index in [4.69, 9.17) is 11.0 Å². The lowest BCUT2D eigenvalue weighted by Crippen LogP contribution is -2.47. The minimum atomic E-state index is -0.448.